The molecule has 0 saturated carbocycles. The largest absolute Gasteiger partial charge is 0.332 e. The third-order valence-electron chi connectivity index (χ3n) is 6.28. The van der Waals surface area contributed by atoms with Crippen LogP contribution in [0.15, 0.2) is 58.1 Å². The molecule has 1 unspecified atom stereocenters. The first-order chi connectivity index (χ1) is 15.5. The van der Waals surface area contributed by atoms with Gasteiger partial charge >= 0.3 is 5.69 Å². The Kier molecular flexibility index (Phi) is 5.51. The molecule has 164 valence electrons. The Morgan fingerprint density at radius 1 is 1.09 bits per heavy atom. The molecule has 0 radical (unpaired) electrons. The average Bonchev–Trinajstić information content (AvgIpc) is 3.18. The van der Waals surface area contributed by atoms with Crippen molar-refractivity contribution in [1.82, 2.24) is 9.13 Å². The molecule has 2 aromatic carbocycles. The van der Waals surface area contributed by atoms with Crippen LogP contribution in [0.4, 0.5) is 4.39 Å². The van der Waals surface area contributed by atoms with Gasteiger partial charge in [-0.05, 0) is 61.4 Å². The molecule has 1 aliphatic carbocycles. The Bertz CT molecular complexity index is 1440. The Balaban J connectivity index is 1.79. The molecule has 5 rings (SSSR count). The van der Waals surface area contributed by atoms with Crippen LogP contribution in [0.3, 0.4) is 0 Å². The normalized spacial score (nSPS) is 14.5. The van der Waals surface area contributed by atoms with E-state index in [1.165, 1.54) is 32.9 Å². The number of thiophene rings is 1. The Hall–Kier alpha value is -2.70. The molecule has 1 aliphatic rings. The Morgan fingerprint density at radius 3 is 2.59 bits per heavy atom. The van der Waals surface area contributed by atoms with E-state index in [2.05, 4.69) is 0 Å². The van der Waals surface area contributed by atoms with Crippen LogP contribution in [0, 0.1) is 5.82 Å². The van der Waals surface area contributed by atoms with Gasteiger partial charge < -0.3 is 0 Å². The maximum absolute atomic E-state index is 13.7. The molecule has 32 heavy (non-hydrogen) atoms. The number of fused-ring (bicyclic) bond motifs is 3. The number of hydrogen-bond acceptors (Lipinski definition) is 3. The van der Waals surface area contributed by atoms with Crippen molar-refractivity contribution in [2.45, 2.75) is 45.2 Å². The summed E-state index contributed by atoms with van der Waals surface area (Å²) in [4.78, 5) is 29.3. The van der Waals surface area contributed by atoms with E-state index in [1.807, 2.05) is 37.3 Å². The van der Waals surface area contributed by atoms with Crippen molar-refractivity contribution in [2.75, 3.05) is 0 Å². The highest BCUT2D eigenvalue weighted by Crippen LogP contribution is 2.35. The Morgan fingerprint density at radius 2 is 1.84 bits per heavy atom. The minimum absolute atomic E-state index is 0.176. The maximum Gasteiger partial charge on any atom is 0.332 e. The van der Waals surface area contributed by atoms with E-state index in [0.717, 1.165) is 36.8 Å². The summed E-state index contributed by atoms with van der Waals surface area (Å²) >= 11 is 7.82. The molecule has 2 aromatic heterocycles. The quantitative estimate of drug-likeness (QED) is 0.394. The number of aryl methyl sites for hydroxylation is 2. The number of nitrogens with zero attached hydrogens (tertiary/aromatic N) is 2. The highest BCUT2D eigenvalue weighted by molar-refractivity contribution is 7.18. The van der Waals surface area contributed by atoms with Gasteiger partial charge in [0.05, 0.1) is 18.0 Å². The van der Waals surface area contributed by atoms with Gasteiger partial charge in [0.1, 0.15) is 10.6 Å². The first kappa shape index (κ1) is 21.2. The molecule has 0 amide bonds. The van der Waals surface area contributed by atoms with Gasteiger partial charge in [0.2, 0.25) is 0 Å². The van der Waals surface area contributed by atoms with Crippen LogP contribution >= 0.6 is 22.9 Å². The summed E-state index contributed by atoms with van der Waals surface area (Å²) < 4.78 is 16.6. The summed E-state index contributed by atoms with van der Waals surface area (Å²) in [6.07, 6.45) is 3.89. The van der Waals surface area contributed by atoms with E-state index < -0.39 is 11.9 Å². The van der Waals surface area contributed by atoms with E-state index in [9.17, 15) is 14.0 Å². The zero-order chi connectivity index (χ0) is 22.4. The minimum atomic E-state index is -0.425. The molecule has 0 bridgehead atoms. The predicted octanol–water partition coefficient (Wildman–Crippen LogP) is 5.55. The molecule has 4 aromatic rings. The van der Waals surface area contributed by atoms with Crippen LogP contribution < -0.4 is 11.2 Å². The molecule has 7 heteroatoms. The van der Waals surface area contributed by atoms with Gasteiger partial charge in [0.15, 0.2) is 0 Å². The molecule has 0 N–H and O–H groups in total. The molecule has 0 saturated heterocycles. The standard InChI is InChI=1S/C25H22ClFN2O2S/c1-15(16-7-3-2-4-8-16)29-23(30)22-19-9-5-6-10-21(19)32-24(22)28(25(29)31)14-17-11-12-18(27)13-20(17)26/h2-4,7-8,11-13,15H,5-6,9-10,14H2,1H3. The average molecular weight is 469 g/mol. The van der Waals surface area contributed by atoms with Gasteiger partial charge in [-0.1, -0.05) is 48.0 Å². The molecular formula is C25H22ClFN2O2S. The molecule has 4 nitrogen and oxygen atoms in total. The van der Waals surface area contributed by atoms with Gasteiger partial charge in [-0.25, -0.2) is 9.18 Å². The number of halogens is 2. The highest BCUT2D eigenvalue weighted by Gasteiger charge is 2.26. The second-order valence-corrected chi connectivity index (χ2v) is 9.75. The van der Waals surface area contributed by atoms with Crippen LogP contribution in [0.5, 0.6) is 0 Å². The monoisotopic (exact) mass is 468 g/mol. The molecule has 0 aliphatic heterocycles. The summed E-state index contributed by atoms with van der Waals surface area (Å²) in [6, 6.07) is 13.3. The van der Waals surface area contributed by atoms with Crippen LogP contribution in [0.2, 0.25) is 5.02 Å². The third-order valence-corrected chi connectivity index (χ3v) is 7.95. The van der Waals surface area contributed by atoms with E-state index >= 15 is 0 Å². The maximum atomic E-state index is 13.7. The lowest BCUT2D eigenvalue weighted by Gasteiger charge is -2.19. The van der Waals surface area contributed by atoms with Crippen molar-refractivity contribution >= 4 is 33.2 Å². The SMILES string of the molecule is CC(c1ccccc1)n1c(=O)c2c3c(sc2n(Cc2ccc(F)cc2Cl)c1=O)CCCC3. The second-order valence-electron chi connectivity index (χ2n) is 8.26. The molecule has 0 fully saturated rings. The minimum Gasteiger partial charge on any atom is -0.280 e. The van der Waals surface area contributed by atoms with Gasteiger partial charge in [-0.3, -0.25) is 13.9 Å². The van der Waals surface area contributed by atoms with Crippen molar-refractivity contribution < 1.29 is 4.39 Å². The van der Waals surface area contributed by atoms with Crippen LogP contribution in [-0.4, -0.2) is 9.13 Å². The first-order valence-corrected chi connectivity index (χ1v) is 11.9. The topological polar surface area (TPSA) is 44.0 Å². The van der Waals surface area contributed by atoms with Crippen molar-refractivity contribution in [2.24, 2.45) is 0 Å². The third kappa shape index (κ3) is 3.51. The fourth-order valence-corrected chi connectivity index (χ4v) is 6.17. The smallest absolute Gasteiger partial charge is 0.280 e. The van der Waals surface area contributed by atoms with Crippen LogP contribution in [0.25, 0.3) is 10.2 Å². The molecular weight excluding hydrogens is 447 g/mol. The van der Waals surface area contributed by atoms with Gasteiger partial charge in [-0.15, -0.1) is 11.3 Å². The van der Waals surface area contributed by atoms with Gasteiger partial charge in [-0.2, -0.15) is 0 Å². The van der Waals surface area contributed by atoms with Gasteiger partial charge in [0.25, 0.3) is 5.56 Å². The van der Waals surface area contributed by atoms with E-state index in [4.69, 9.17) is 11.6 Å². The fourth-order valence-electron chi connectivity index (χ4n) is 4.57. The number of rotatable bonds is 4. The van der Waals surface area contributed by atoms with Crippen molar-refractivity contribution in [1.29, 1.82) is 0 Å². The van der Waals surface area contributed by atoms with Crippen molar-refractivity contribution in [3.8, 4) is 0 Å². The summed E-state index contributed by atoms with van der Waals surface area (Å²) in [5, 5.41) is 0.908. The van der Waals surface area contributed by atoms with Gasteiger partial charge in [0, 0.05) is 9.90 Å². The van der Waals surface area contributed by atoms with E-state index in [1.54, 1.807) is 10.6 Å². The van der Waals surface area contributed by atoms with Crippen molar-refractivity contribution in [3.63, 3.8) is 0 Å². The second kappa shape index (κ2) is 8.34. The fraction of sp³-hybridized carbons (Fsp3) is 0.280. The summed E-state index contributed by atoms with van der Waals surface area (Å²) in [5.41, 5.74) is 2.00. The zero-order valence-electron chi connectivity index (χ0n) is 17.6. The molecule has 2 heterocycles. The number of benzene rings is 2. The summed E-state index contributed by atoms with van der Waals surface area (Å²) in [7, 11) is 0. The zero-order valence-corrected chi connectivity index (χ0v) is 19.2. The van der Waals surface area contributed by atoms with Crippen LogP contribution in [0.1, 0.15) is 47.4 Å². The van der Waals surface area contributed by atoms with Crippen molar-refractivity contribution in [3.05, 3.63) is 102 Å². The predicted molar refractivity (Wildman–Crippen MR) is 128 cm³/mol. The highest BCUT2D eigenvalue weighted by atomic mass is 35.5. The Labute approximate surface area is 193 Å². The van der Waals surface area contributed by atoms with Crippen LogP contribution in [-0.2, 0) is 19.4 Å². The van der Waals surface area contributed by atoms with E-state index in [-0.39, 0.29) is 22.8 Å². The number of aromatic nitrogens is 2. The lowest BCUT2D eigenvalue weighted by molar-refractivity contribution is 0.551. The molecule has 1 atom stereocenters. The first-order valence-electron chi connectivity index (χ1n) is 10.7. The summed E-state index contributed by atoms with van der Waals surface area (Å²) in [6.45, 7) is 2.05. The van der Waals surface area contributed by atoms with E-state index in [0.29, 0.717) is 15.8 Å². The number of hydrogen-bond donors (Lipinski definition) is 0. The lowest BCUT2D eigenvalue weighted by atomic mass is 9.97. The summed E-state index contributed by atoms with van der Waals surface area (Å²) in [5.74, 6) is -0.425. The molecule has 0 spiro atoms. The lowest BCUT2D eigenvalue weighted by Crippen LogP contribution is -2.42.